The maximum Gasteiger partial charge on any atom is 0.305 e. The first kappa shape index (κ1) is 16.7. The highest BCUT2D eigenvalue weighted by Gasteiger charge is 2.11. The van der Waals surface area contributed by atoms with Crippen LogP contribution in [0.4, 0.5) is 0 Å². The summed E-state index contributed by atoms with van der Waals surface area (Å²) in [7, 11) is 1.35. The van der Waals surface area contributed by atoms with Crippen LogP contribution in [0.5, 0.6) is 0 Å². The van der Waals surface area contributed by atoms with Gasteiger partial charge < -0.3 is 10.1 Å². The second-order valence-electron chi connectivity index (χ2n) is 5.13. The molecule has 0 spiro atoms. The summed E-state index contributed by atoms with van der Waals surface area (Å²) in [5.41, 5.74) is 3.07. The Morgan fingerprint density at radius 1 is 1.13 bits per heavy atom. The van der Waals surface area contributed by atoms with Gasteiger partial charge in [0.1, 0.15) is 0 Å². The van der Waals surface area contributed by atoms with Crippen molar-refractivity contribution in [2.24, 2.45) is 0 Å². The second kappa shape index (κ2) is 8.08. The Morgan fingerprint density at radius 3 is 2.52 bits per heavy atom. The fraction of sp³-hybridized carbons (Fsp3) is 0.278. The Morgan fingerprint density at radius 2 is 1.87 bits per heavy atom. The smallest absolute Gasteiger partial charge is 0.305 e. The number of hydrogen-bond acceptors (Lipinski definition) is 4. The van der Waals surface area contributed by atoms with Gasteiger partial charge in [0.15, 0.2) is 0 Å². The number of nitrogens with zero attached hydrogens (tertiary/aromatic N) is 1. The molecule has 23 heavy (non-hydrogen) atoms. The number of nitrogens with one attached hydrogen (secondary N) is 1. The van der Waals surface area contributed by atoms with Gasteiger partial charge in [-0.2, -0.15) is 0 Å². The normalized spacial score (nSPS) is 10.2. The number of amides is 1. The standard InChI is InChI=1S/C18H20N2O3/c1-13-15(18(22)19-12-6-9-17(21)23-2)10-11-16(20-13)14-7-4-3-5-8-14/h3-5,7-8,10-11H,6,9,12H2,1-2H3,(H,19,22). The molecule has 0 aliphatic carbocycles. The first-order valence-corrected chi connectivity index (χ1v) is 7.50. The maximum absolute atomic E-state index is 12.2. The second-order valence-corrected chi connectivity index (χ2v) is 5.13. The summed E-state index contributed by atoms with van der Waals surface area (Å²) in [6.07, 6.45) is 0.841. The van der Waals surface area contributed by atoms with Gasteiger partial charge in [0.05, 0.1) is 24.1 Å². The van der Waals surface area contributed by atoms with Crippen molar-refractivity contribution in [2.45, 2.75) is 19.8 Å². The highest BCUT2D eigenvalue weighted by atomic mass is 16.5. The third-order valence-corrected chi connectivity index (χ3v) is 3.47. The molecule has 0 saturated heterocycles. The Kier molecular flexibility index (Phi) is 5.86. The van der Waals surface area contributed by atoms with Crippen LogP contribution in [0, 0.1) is 6.92 Å². The molecule has 1 amide bonds. The van der Waals surface area contributed by atoms with Gasteiger partial charge in [0.25, 0.3) is 5.91 Å². The summed E-state index contributed by atoms with van der Waals surface area (Å²) in [4.78, 5) is 27.7. The monoisotopic (exact) mass is 312 g/mol. The van der Waals surface area contributed by atoms with Crippen molar-refractivity contribution in [1.82, 2.24) is 10.3 Å². The number of aromatic nitrogens is 1. The van der Waals surface area contributed by atoms with Crippen LogP contribution in [0.1, 0.15) is 28.9 Å². The number of esters is 1. The number of benzene rings is 1. The third-order valence-electron chi connectivity index (χ3n) is 3.47. The molecule has 0 aliphatic heterocycles. The molecule has 1 aromatic carbocycles. The van der Waals surface area contributed by atoms with Gasteiger partial charge in [0.2, 0.25) is 0 Å². The molecule has 1 aromatic heterocycles. The minimum atomic E-state index is -0.274. The molecule has 1 N–H and O–H groups in total. The summed E-state index contributed by atoms with van der Waals surface area (Å²) in [6, 6.07) is 13.4. The predicted molar refractivity (Wildman–Crippen MR) is 88.0 cm³/mol. The fourth-order valence-electron chi connectivity index (χ4n) is 2.20. The van der Waals surface area contributed by atoms with Crippen LogP contribution in [0.2, 0.25) is 0 Å². The van der Waals surface area contributed by atoms with Gasteiger partial charge in [0, 0.05) is 18.5 Å². The Labute approximate surface area is 135 Å². The molecule has 2 rings (SSSR count). The van der Waals surface area contributed by atoms with Gasteiger partial charge in [-0.3, -0.25) is 14.6 Å². The van der Waals surface area contributed by atoms with Crippen LogP contribution < -0.4 is 5.32 Å². The molecule has 0 bridgehead atoms. The average molecular weight is 312 g/mol. The van der Waals surface area contributed by atoms with E-state index in [1.807, 2.05) is 43.3 Å². The highest BCUT2D eigenvalue weighted by molar-refractivity contribution is 5.95. The van der Waals surface area contributed by atoms with Crippen LogP contribution in [-0.2, 0) is 9.53 Å². The summed E-state index contributed by atoms with van der Waals surface area (Å²) < 4.78 is 4.55. The Hall–Kier alpha value is -2.69. The van der Waals surface area contributed by atoms with Crippen LogP contribution in [0.25, 0.3) is 11.3 Å². The third kappa shape index (κ3) is 4.64. The minimum Gasteiger partial charge on any atom is -0.469 e. The quantitative estimate of drug-likeness (QED) is 0.658. The number of methoxy groups -OCH3 is 1. The SMILES string of the molecule is COC(=O)CCCNC(=O)c1ccc(-c2ccccc2)nc1C. The fourth-order valence-corrected chi connectivity index (χ4v) is 2.20. The van der Waals surface area contributed by atoms with Crippen LogP contribution in [0.15, 0.2) is 42.5 Å². The van der Waals surface area contributed by atoms with E-state index in [1.165, 1.54) is 7.11 Å². The zero-order valence-corrected chi connectivity index (χ0v) is 13.3. The largest absolute Gasteiger partial charge is 0.469 e. The van der Waals surface area contributed by atoms with Crippen molar-refractivity contribution in [3.05, 3.63) is 53.7 Å². The summed E-state index contributed by atoms with van der Waals surface area (Å²) >= 11 is 0. The van der Waals surface area contributed by atoms with Crippen molar-refractivity contribution >= 4 is 11.9 Å². The molecule has 1 heterocycles. The maximum atomic E-state index is 12.2. The molecule has 5 nitrogen and oxygen atoms in total. The number of aryl methyl sites for hydroxylation is 1. The molecule has 5 heteroatoms. The lowest BCUT2D eigenvalue weighted by Gasteiger charge is -2.09. The van der Waals surface area contributed by atoms with Gasteiger partial charge in [-0.25, -0.2) is 0 Å². The number of carbonyl (C=O) groups is 2. The number of carbonyl (C=O) groups excluding carboxylic acids is 2. The average Bonchev–Trinajstić information content (AvgIpc) is 2.58. The van der Waals surface area contributed by atoms with E-state index in [2.05, 4.69) is 15.0 Å². The van der Waals surface area contributed by atoms with Crippen molar-refractivity contribution < 1.29 is 14.3 Å². The summed E-state index contributed by atoms with van der Waals surface area (Å²) in [5, 5.41) is 2.79. The van der Waals surface area contributed by atoms with Gasteiger partial charge in [-0.05, 0) is 25.5 Å². The predicted octanol–water partition coefficient (Wildman–Crippen LogP) is 2.74. The lowest BCUT2D eigenvalue weighted by molar-refractivity contribution is -0.140. The Balaban J connectivity index is 1.98. The number of rotatable bonds is 6. The number of pyridine rings is 1. The zero-order chi connectivity index (χ0) is 16.7. The molecule has 0 radical (unpaired) electrons. The molecule has 0 aliphatic rings. The molecular formula is C18H20N2O3. The van der Waals surface area contributed by atoms with E-state index in [0.29, 0.717) is 30.6 Å². The lowest BCUT2D eigenvalue weighted by Crippen LogP contribution is -2.26. The van der Waals surface area contributed by atoms with Crippen LogP contribution >= 0.6 is 0 Å². The van der Waals surface area contributed by atoms with Crippen molar-refractivity contribution in [3.63, 3.8) is 0 Å². The summed E-state index contributed by atoms with van der Waals surface area (Å²) in [5.74, 6) is -0.455. The molecule has 0 fully saturated rings. The number of hydrogen-bond donors (Lipinski definition) is 1. The van der Waals surface area contributed by atoms with Crippen LogP contribution in [-0.4, -0.2) is 30.5 Å². The molecule has 0 atom stereocenters. The first-order chi connectivity index (χ1) is 11.1. The topological polar surface area (TPSA) is 68.3 Å². The van der Waals surface area contributed by atoms with E-state index in [-0.39, 0.29) is 11.9 Å². The van der Waals surface area contributed by atoms with E-state index in [9.17, 15) is 9.59 Å². The molecule has 0 saturated carbocycles. The molecule has 0 unspecified atom stereocenters. The van der Waals surface area contributed by atoms with Crippen molar-refractivity contribution in [1.29, 1.82) is 0 Å². The zero-order valence-electron chi connectivity index (χ0n) is 13.3. The Bertz CT molecular complexity index is 684. The van der Waals surface area contributed by atoms with Crippen molar-refractivity contribution in [3.8, 4) is 11.3 Å². The van der Waals surface area contributed by atoms with E-state index in [1.54, 1.807) is 6.07 Å². The molecular weight excluding hydrogens is 292 g/mol. The number of ether oxygens (including phenoxy) is 1. The van der Waals surface area contributed by atoms with E-state index in [0.717, 1.165) is 11.3 Å². The van der Waals surface area contributed by atoms with E-state index >= 15 is 0 Å². The molecule has 120 valence electrons. The highest BCUT2D eigenvalue weighted by Crippen LogP contribution is 2.18. The van der Waals surface area contributed by atoms with E-state index in [4.69, 9.17) is 0 Å². The van der Waals surface area contributed by atoms with E-state index < -0.39 is 0 Å². The molecule has 2 aromatic rings. The van der Waals surface area contributed by atoms with Gasteiger partial charge >= 0.3 is 5.97 Å². The summed E-state index contributed by atoms with van der Waals surface area (Å²) in [6.45, 7) is 2.24. The first-order valence-electron chi connectivity index (χ1n) is 7.50. The minimum absolute atomic E-state index is 0.181. The van der Waals surface area contributed by atoms with Crippen molar-refractivity contribution in [2.75, 3.05) is 13.7 Å². The van der Waals surface area contributed by atoms with Crippen LogP contribution in [0.3, 0.4) is 0 Å². The van der Waals surface area contributed by atoms with Gasteiger partial charge in [-0.15, -0.1) is 0 Å². The lowest BCUT2D eigenvalue weighted by atomic mass is 10.1. The van der Waals surface area contributed by atoms with Gasteiger partial charge in [-0.1, -0.05) is 30.3 Å².